The van der Waals surface area contributed by atoms with Crippen LogP contribution >= 0.6 is 15.6 Å². The summed E-state index contributed by atoms with van der Waals surface area (Å²) in [6.07, 6.45) is 6.97. The molecule has 0 aliphatic carbocycles. The van der Waals surface area contributed by atoms with Gasteiger partial charge in [0.2, 0.25) is 0 Å². The van der Waals surface area contributed by atoms with Gasteiger partial charge in [-0.3, -0.25) is 9.05 Å². The third kappa shape index (κ3) is 13.6. The molecule has 2 unspecified atom stereocenters. The van der Waals surface area contributed by atoms with Gasteiger partial charge in [0.05, 0.1) is 13.2 Å². The van der Waals surface area contributed by atoms with Crippen molar-refractivity contribution in [1.29, 1.82) is 0 Å². The lowest BCUT2D eigenvalue weighted by atomic mass is 10.2. The van der Waals surface area contributed by atoms with Crippen LogP contribution in [0.4, 0.5) is 0 Å². The zero-order valence-corrected chi connectivity index (χ0v) is 14.7. The van der Waals surface area contributed by atoms with Crippen LogP contribution in [0.3, 0.4) is 0 Å². The second-order valence-electron chi connectivity index (χ2n) is 4.81. The molecule has 0 aromatic carbocycles. The monoisotopic (exact) mass is 346 g/mol. The van der Waals surface area contributed by atoms with E-state index in [-0.39, 0.29) is 13.2 Å². The van der Waals surface area contributed by atoms with Gasteiger partial charge in [0, 0.05) is 0 Å². The number of unbranched alkanes of at least 4 members (excludes halogenated alkanes) is 6. The first-order chi connectivity index (χ1) is 9.83. The second kappa shape index (κ2) is 11.8. The van der Waals surface area contributed by atoms with E-state index in [2.05, 4.69) is 13.4 Å². The maximum Gasteiger partial charge on any atom is 0.481 e. The zero-order chi connectivity index (χ0) is 16.2. The van der Waals surface area contributed by atoms with Crippen LogP contribution in [-0.2, 0) is 22.5 Å². The van der Waals surface area contributed by atoms with E-state index in [0.29, 0.717) is 12.8 Å². The van der Waals surface area contributed by atoms with Crippen molar-refractivity contribution < 1.29 is 32.3 Å². The Hall–Kier alpha value is 0.260. The summed E-state index contributed by atoms with van der Waals surface area (Å²) in [6, 6.07) is 0. The molecule has 0 saturated carbocycles. The normalized spacial score (nSPS) is 17.3. The van der Waals surface area contributed by atoms with Gasteiger partial charge in [-0.15, -0.1) is 0 Å². The average Bonchev–Trinajstić information content (AvgIpc) is 2.36. The van der Waals surface area contributed by atoms with Crippen LogP contribution in [0, 0.1) is 0 Å². The smallest absolute Gasteiger partial charge is 0.302 e. The van der Waals surface area contributed by atoms with Crippen molar-refractivity contribution in [2.45, 2.75) is 65.2 Å². The Labute approximate surface area is 127 Å². The highest BCUT2D eigenvalue weighted by Gasteiger charge is 2.34. The fourth-order valence-corrected chi connectivity index (χ4v) is 3.73. The van der Waals surface area contributed by atoms with E-state index in [9.17, 15) is 18.9 Å². The van der Waals surface area contributed by atoms with Gasteiger partial charge in [-0.25, -0.2) is 9.13 Å². The number of hydrogen-bond acceptors (Lipinski definition) is 5. The van der Waals surface area contributed by atoms with Crippen LogP contribution in [0.25, 0.3) is 0 Å². The fourth-order valence-electron chi connectivity index (χ4n) is 1.60. The molecular weight excluding hydrogens is 318 g/mol. The molecular formula is C12H28O7P2. The maximum absolute atomic E-state index is 11.5. The van der Waals surface area contributed by atoms with Crippen molar-refractivity contribution in [2.75, 3.05) is 13.2 Å². The van der Waals surface area contributed by atoms with Crippen molar-refractivity contribution in [3.8, 4) is 0 Å². The summed E-state index contributed by atoms with van der Waals surface area (Å²) in [5, 5.41) is 0. The number of phosphoric ester groups is 2. The average molecular weight is 346 g/mol. The lowest BCUT2D eigenvalue weighted by Crippen LogP contribution is -2.00. The summed E-state index contributed by atoms with van der Waals surface area (Å²) in [5.41, 5.74) is 0. The summed E-state index contributed by atoms with van der Waals surface area (Å²) in [7, 11) is -9.12. The Kier molecular flexibility index (Phi) is 11.9. The molecule has 0 saturated heterocycles. The van der Waals surface area contributed by atoms with Crippen molar-refractivity contribution in [2.24, 2.45) is 0 Å². The fraction of sp³-hybridized carbons (Fsp3) is 1.00. The molecule has 0 aliphatic heterocycles. The molecule has 0 radical (unpaired) electrons. The molecule has 9 heteroatoms. The molecule has 0 aliphatic rings. The number of phosphoric acid groups is 2. The molecule has 2 atom stereocenters. The van der Waals surface area contributed by atoms with Crippen LogP contribution in [0.5, 0.6) is 0 Å². The molecule has 0 heterocycles. The molecule has 21 heavy (non-hydrogen) atoms. The van der Waals surface area contributed by atoms with Gasteiger partial charge in [0.1, 0.15) is 0 Å². The molecule has 0 rings (SSSR count). The lowest BCUT2D eigenvalue weighted by molar-refractivity contribution is 0.152. The van der Waals surface area contributed by atoms with E-state index in [1.807, 2.05) is 13.8 Å². The summed E-state index contributed by atoms with van der Waals surface area (Å²) >= 11 is 0. The Morgan fingerprint density at radius 3 is 1.43 bits per heavy atom. The molecule has 0 fully saturated rings. The van der Waals surface area contributed by atoms with E-state index in [0.717, 1.165) is 38.5 Å². The Morgan fingerprint density at radius 2 is 1.10 bits per heavy atom. The van der Waals surface area contributed by atoms with Gasteiger partial charge in [0.25, 0.3) is 0 Å². The van der Waals surface area contributed by atoms with Gasteiger partial charge >= 0.3 is 15.6 Å². The highest BCUT2D eigenvalue weighted by Crippen LogP contribution is 2.60. The van der Waals surface area contributed by atoms with E-state index in [4.69, 9.17) is 0 Å². The molecule has 0 bridgehead atoms. The molecule has 0 aromatic heterocycles. The van der Waals surface area contributed by atoms with Crippen molar-refractivity contribution >= 4 is 15.6 Å². The predicted molar refractivity (Wildman–Crippen MR) is 80.9 cm³/mol. The minimum atomic E-state index is -4.56. The van der Waals surface area contributed by atoms with E-state index in [1.165, 1.54) is 0 Å². The molecule has 2 N–H and O–H groups in total. The van der Waals surface area contributed by atoms with E-state index >= 15 is 0 Å². The van der Waals surface area contributed by atoms with Crippen LogP contribution in [0.2, 0.25) is 0 Å². The standard InChI is InChI=1S/C12H28O7P2/c1-3-5-7-9-11-17-20(13,14)19-21(15,16)18-12-10-8-6-4-2/h3-12H2,1-2H3,(H,13,14)(H,15,16). The predicted octanol–water partition coefficient (Wildman–Crippen LogP) is 4.40. The molecule has 7 nitrogen and oxygen atoms in total. The van der Waals surface area contributed by atoms with E-state index in [1.54, 1.807) is 0 Å². The van der Waals surface area contributed by atoms with Crippen molar-refractivity contribution in [3.63, 3.8) is 0 Å². The first kappa shape index (κ1) is 21.3. The molecule has 0 spiro atoms. The Morgan fingerprint density at radius 1 is 0.714 bits per heavy atom. The number of hydrogen-bond donors (Lipinski definition) is 2. The Bertz CT molecular complexity index is 316. The van der Waals surface area contributed by atoms with Crippen LogP contribution in [-0.4, -0.2) is 23.0 Å². The summed E-state index contributed by atoms with van der Waals surface area (Å²) < 4.78 is 36.5. The third-order valence-electron chi connectivity index (χ3n) is 2.71. The molecule has 0 aromatic rings. The van der Waals surface area contributed by atoms with Crippen LogP contribution in [0.1, 0.15) is 65.2 Å². The highest BCUT2D eigenvalue weighted by atomic mass is 31.3. The summed E-state index contributed by atoms with van der Waals surface area (Å²) in [6.45, 7) is 4.09. The lowest BCUT2D eigenvalue weighted by Gasteiger charge is -2.16. The minimum Gasteiger partial charge on any atom is -0.302 e. The largest absolute Gasteiger partial charge is 0.481 e. The second-order valence-corrected chi connectivity index (χ2v) is 7.85. The minimum absolute atomic E-state index is 0.00424. The van der Waals surface area contributed by atoms with Gasteiger partial charge in [0.15, 0.2) is 0 Å². The van der Waals surface area contributed by atoms with E-state index < -0.39 is 15.6 Å². The number of rotatable bonds is 14. The van der Waals surface area contributed by atoms with Crippen molar-refractivity contribution in [3.05, 3.63) is 0 Å². The van der Waals surface area contributed by atoms with Gasteiger partial charge in [-0.2, -0.15) is 4.31 Å². The van der Waals surface area contributed by atoms with Gasteiger partial charge < -0.3 is 9.79 Å². The third-order valence-corrected chi connectivity index (χ3v) is 5.38. The van der Waals surface area contributed by atoms with Gasteiger partial charge in [-0.05, 0) is 12.8 Å². The highest BCUT2D eigenvalue weighted by molar-refractivity contribution is 7.61. The SMILES string of the molecule is CCCCCCOP(=O)(O)OP(=O)(O)OCCCCCC. The van der Waals surface area contributed by atoms with Crippen molar-refractivity contribution in [1.82, 2.24) is 0 Å². The summed E-state index contributed by atoms with van der Waals surface area (Å²) in [4.78, 5) is 18.7. The van der Waals surface area contributed by atoms with Gasteiger partial charge in [-0.1, -0.05) is 52.4 Å². The van der Waals surface area contributed by atoms with Crippen LogP contribution < -0.4 is 0 Å². The van der Waals surface area contributed by atoms with Crippen LogP contribution in [0.15, 0.2) is 0 Å². The quantitative estimate of drug-likeness (QED) is 0.355. The molecule has 128 valence electrons. The Balaban J connectivity index is 3.93. The first-order valence-electron chi connectivity index (χ1n) is 7.49. The summed E-state index contributed by atoms with van der Waals surface area (Å²) in [5.74, 6) is 0. The topological polar surface area (TPSA) is 102 Å². The first-order valence-corrected chi connectivity index (χ1v) is 10.5. The molecule has 0 amide bonds. The zero-order valence-electron chi connectivity index (χ0n) is 12.9. The maximum atomic E-state index is 11.5.